The summed E-state index contributed by atoms with van der Waals surface area (Å²) in [6, 6.07) is 6.96. The number of carbonyl (C=O) groups is 1. The molecule has 0 aliphatic heterocycles. The van der Waals surface area contributed by atoms with Gasteiger partial charge in [0.15, 0.2) is 9.84 Å². The van der Waals surface area contributed by atoms with E-state index < -0.39 is 21.5 Å². The quantitative estimate of drug-likeness (QED) is 0.729. The molecule has 0 bridgehead atoms. The van der Waals surface area contributed by atoms with Crippen LogP contribution in [0.5, 0.6) is 0 Å². The van der Waals surface area contributed by atoms with Crippen molar-refractivity contribution in [3.05, 3.63) is 34.3 Å². The lowest BCUT2D eigenvalue weighted by atomic mass is 10.2. The summed E-state index contributed by atoms with van der Waals surface area (Å²) in [6.07, 6.45) is 0.624. The second-order valence-corrected chi connectivity index (χ2v) is 7.75. The smallest absolute Gasteiger partial charge is 0.235 e. The van der Waals surface area contributed by atoms with Gasteiger partial charge in [-0.05, 0) is 31.0 Å². The summed E-state index contributed by atoms with van der Waals surface area (Å²) in [5.74, 6) is -1.12. The van der Waals surface area contributed by atoms with Crippen molar-refractivity contribution in [3.63, 3.8) is 0 Å². The van der Waals surface area contributed by atoms with Crippen molar-refractivity contribution < 1.29 is 13.2 Å². The Kier molecular flexibility index (Phi) is 9.12. The number of hydrogen-bond acceptors (Lipinski definition) is 4. The number of carbonyl (C=O) groups excluding carboxylic acids is 1. The number of halogens is 2. The first-order chi connectivity index (χ1) is 9.28. The Balaban J connectivity index is 0.00000400. The van der Waals surface area contributed by atoms with Crippen LogP contribution in [0, 0.1) is 0 Å². The molecule has 1 rings (SSSR count). The van der Waals surface area contributed by atoms with Crippen LogP contribution in [-0.2, 0) is 20.4 Å². The number of nitrogens with one attached hydrogen (secondary N) is 1. The Morgan fingerprint density at radius 3 is 2.43 bits per heavy atom. The molecule has 1 amide bonds. The van der Waals surface area contributed by atoms with Gasteiger partial charge in [0.1, 0.15) is 5.75 Å². The van der Waals surface area contributed by atoms with E-state index in [4.69, 9.17) is 5.73 Å². The molecule has 0 spiro atoms. The molecule has 5 nitrogen and oxygen atoms in total. The molecule has 0 saturated heterocycles. The van der Waals surface area contributed by atoms with E-state index in [1.54, 1.807) is 24.3 Å². The van der Waals surface area contributed by atoms with Crippen molar-refractivity contribution in [1.82, 2.24) is 5.32 Å². The van der Waals surface area contributed by atoms with Crippen LogP contribution >= 0.6 is 28.3 Å². The number of rotatable bonds is 7. The average molecular weight is 400 g/mol. The second kappa shape index (κ2) is 9.40. The first-order valence-electron chi connectivity index (χ1n) is 6.25. The van der Waals surface area contributed by atoms with E-state index >= 15 is 0 Å². The maximum atomic E-state index is 11.9. The van der Waals surface area contributed by atoms with Gasteiger partial charge in [-0.1, -0.05) is 28.1 Å². The van der Waals surface area contributed by atoms with Gasteiger partial charge in [-0.3, -0.25) is 4.79 Å². The number of benzene rings is 1. The third-order valence-electron chi connectivity index (χ3n) is 2.57. The summed E-state index contributed by atoms with van der Waals surface area (Å²) in [5, 5.41) is 2.56. The van der Waals surface area contributed by atoms with Crippen molar-refractivity contribution >= 4 is 44.1 Å². The minimum Gasteiger partial charge on any atom is -0.355 e. The van der Waals surface area contributed by atoms with Gasteiger partial charge in [0, 0.05) is 17.1 Å². The molecule has 8 heteroatoms. The topological polar surface area (TPSA) is 89.3 Å². The van der Waals surface area contributed by atoms with Crippen LogP contribution < -0.4 is 11.1 Å². The van der Waals surface area contributed by atoms with Gasteiger partial charge in [-0.25, -0.2) is 8.42 Å². The number of nitrogens with two attached hydrogens (primary N) is 1. The zero-order valence-corrected chi connectivity index (χ0v) is 14.9. The molecule has 1 aromatic rings. The molecular weight excluding hydrogens is 380 g/mol. The lowest BCUT2D eigenvalue weighted by molar-refractivity contribution is -0.118. The summed E-state index contributed by atoms with van der Waals surface area (Å²) in [7, 11) is -3.46. The minimum atomic E-state index is -3.46. The molecule has 120 valence electrons. The molecule has 0 fully saturated rings. The maximum absolute atomic E-state index is 11.9. The van der Waals surface area contributed by atoms with Gasteiger partial charge in [0.2, 0.25) is 5.91 Å². The summed E-state index contributed by atoms with van der Waals surface area (Å²) in [4.78, 5) is 11.5. The van der Waals surface area contributed by atoms with Crippen molar-refractivity contribution in [3.8, 4) is 0 Å². The van der Waals surface area contributed by atoms with Crippen LogP contribution in [0.25, 0.3) is 0 Å². The summed E-state index contributed by atoms with van der Waals surface area (Å²) in [5.41, 5.74) is 6.21. The fourth-order valence-corrected chi connectivity index (χ4v) is 3.14. The van der Waals surface area contributed by atoms with E-state index in [1.165, 1.54) is 0 Å². The predicted octanol–water partition coefficient (Wildman–Crippen LogP) is 1.64. The predicted molar refractivity (Wildman–Crippen MR) is 90.2 cm³/mol. The Labute approximate surface area is 140 Å². The molecule has 0 aliphatic rings. The molecule has 0 saturated carbocycles. The highest BCUT2D eigenvalue weighted by Gasteiger charge is 2.17. The van der Waals surface area contributed by atoms with Gasteiger partial charge >= 0.3 is 0 Å². The fourth-order valence-electron chi connectivity index (χ4n) is 1.58. The van der Waals surface area contributed by atoms with Gasteiger partial charge in [0.05, 0.1) is 5.75 Å². The average Bonchev–Trinajstić information content (AvgIpc) is 2.30. The largest absolute Gasteiger partial charge is 0.355 e. The molecular formula is C13H20BrClN2O3S. The van der Waals surface area contributed by atoms with Crippen LogP contribution in [0.4, 0.5) is 0 Å². The highest BCUT2D eigenvalue weighted by molar-refractivity contribution is 9.10. The second-order valence-electron chi connectivity index (χ2n) is 4.77. The van der Waals surface area contributed by atoms with Gasteiger partial charge < -0.3 is 11.1 Å². The first-order valence-corrected chi connectivity index (χ1v) is 8.87. The standard InChI is InChI=1S/C13H19BrN2O3S.ClH/c1-10(15)6-7-16-13(17)9-20(18,19)8-11-2-4-12(14)5-3-11;/h2-5,10H,6-9,15H2,1H3,(H,16,17);1H. The number of hydrogen-bond donors (Lipinski definition) is 2. The molecule has 0 aliphatic carbocycles. The monoisotopic (exact) mass is 398 g/mol. The third-order valence-corrected chi connectivity index (χ3v) is 4.58. The van der Waals surface area contributed by atoms with Gasteiger partial charge in [-0.15, -0.1) is 12.4 Å². The molecule has 0 radical (unpaired) electrons. The molecule has 1 atom stereocenters. The van der Waals surface area contributed by atoms with Crippen molar-refractivity contribution in [2.24, 2.45) is 5.73 Å². The van der Waals surface area contributed by atoms with Crippen molar-refractivity contribution in [1.29, 1.82) is 0 Å². The highest BCUT2D eigenvalue weighted by atomic mass is 79.9. The van der Waals surface area contributed by atoms with Crippen LogP contribution in [0.1, 0.15) is 18.9 Å². The molecule has 0 heterocycles. The first kappa shape index (κ1) is 20.4. The SMILES string of the molecule is CC(N)CCNC(=O)CS(=O)(=O)Cc1ccc(Br)cc1.Cl. The Morgan fingerprint density at radius 2 is 1.90 bits per heavy atom. The van der Waals surface area contributed by atoms with Crippen molar-refractivity contribution in [2.75, 3.05) is 12.3 Å². The lowest BCUT2D eigenvalue weighted by Gasteiger charge is -2.08. The molecule has 0 aromatic heterocycles. The van der Waals surface area contributed by atoms with Gasteiger partial charge in [0.25, 0.3) is 0 Å². The number of amides is 1. The van der Waals surface area contributed by atoms with Crippen molar-refractivity contribution in [2.45, 2.75) is 25.1 Å². The third kappa shape index (κ3) is 9.08. The normalized spacial score (nSPS) is 12.3. The van der Waals surface area contributed by atoms with E-state index in [0.717, 1.165) is 4.47 Å². The Bertz CT molecular complexity index is 547. The van der Waals surface area contributed by atoms with Gasteiger partial charge in [-0.2, -0.15) is 0 Å². The van der Waals surface area contributed by atoms with E-state index in [1.807, 2.05) is 6.92 Å². The fraction of sp³-hybridized carbons (Fsp3) is 0.462. The number of sulfone groups is 1. The zero-order valence-electron chi connectivity index (χ0n) is 11.7. The van der Waals surface area contributed by atoms with Crippen LogP contribution in [0.2, 0.25) is 0 Å². The molecule has 21 heavy (non-hydrogen) atoms. The highest BCUT2D eigenvalue weighted by Crippen LogP contribution is 2.13. The van der Waals surface area contributed by atoms with E-state index in [-0.39, 0.29) is 24.2 Å². The Hall–Kier alpha value is -0.630. The Morgan fingerprint density at radius 1 is 1.33 bits per heavy atom. The molecule has 1 aromatic carbocycles. The maximum Gasteiger partial charge on any atom is 0.235 e. The summed E-state index contributed by atoms with van der Waals surface area (Å²) >= 11 is 3.28. The summed E-state index contributed by atoms with van der Waals surface area (Å²) in [6.45, 7) is 2.22. The minimum absolute atomic E-state index is 0. The van der Waals surface area contributed by atoms with Crippen LogP contribution in [0.3, 0.4) is 0 Å². The van der Waals surface area contributed by atoms with E-state index in [0.29, 0.717) is 18.5 Å². The van der Waals surface area contributed by atoms with E-state index in [2.05, 4.69) is 21.2 Å². The lowest BCUT2D eigenvalue weighted by Crippen LogP contribution is -2.33. The summed E-state index contributed by atoms with van der Waals surface area (Å²) < 4.78 is 24.7. The molecule has 1 unspecified atom stereocenters. The van der Waals surface area contributed by atoms with E-state index in [9.17, 15) is 13.2 Å². The molecule has 3 N–H and O–H groups in total. The zero-order chi connectivity index (χ0) is 15.2. The van der Waals surface area contributed by atoms with Crippen LogP contribution in [-0.4, -0.2) is 32.7 Å². The van der Waals surface area contributed by atoms with Crippen LogP contribution in [0.15, 0.2) is 28.7 Å².